The van der Waals surface area contributed by atoms with E-state index in [4.69, 9.17) is 18.9 Å². The monoisotopic (exact) mass is 385 g/mol. The molecule has 2 aliphatic heterocycles. The highest BCUT2D eigenvalue weighted by Gasteiger charge is 2.26. The second kappa shape index (κ2) is 7.16. The second-order valence-corrected chi connectivity index (χ2v) is 6.39. The molecule has 6 nitrogen and oxygen atoms in total. The minimum Gasteiger partial charge on any atom is -0.457 e. The van der Waals surface area contributed by atoms with Crippen LogP contribution in [0, 0.1) is 0 Å². The Kier molecular flexibility index (Phi) is 4.22. The van der Waals surface area contributed by atoms with Gasteiger partial charge in [-0.25, -0.2) is 9.79 Å². The number of cyclic esters (lactones) is 1. The molecule has 142 valence electrons. The van der Waals surface area contributed by atoms with Crippen molar-refractivity contribution in [3.63, 3.8) is 0 Å². The summed E-state index contributed by atoms with van der Waals surface area (Å²) in [6.07, 6.45) is 1.67. The third-order valence-electron chi connectivity index (χ3n) is 4.38. The predicted octanol–water partition coefficient (Wildman–Crippen LogP) is 4.55. The highest BCUT2D eigenvalue weighted by atomic mass is 16.7. The molecule has 0 aliphatic carbocycles. The van der Waals surface area contributed by atoms with Crippen LogP contribution in [0.25, 0.3) is 6.08 Å². The standard InChI is InChI=1S/C23H15NO5/c25-23-19(24-22(29-23)16-9-10-20-21(13-16)27-14-26-20)12-15-5-4-8-18(11-15)28-17-6-2-1-3-7-17/h1-13H,14H2/b19-12-. The molecular weight excluding hydrogens is 370 g/mol. The molecule has 0 atom stereocenters. The number of aliphatic imine (C=N–C) groups is 1. The Morgan fingerprint density at radius 3 is 2.59 bits per heavy atom. The van der Waals surface area contributed by atoms with Gasteiger partial charge in [-0.3, -0.25) is 0 Å². The van der Waals surface area contributed by atoms with Crippen molar-refractivity contribution in [2.24, 2.45) is 4.99 Å². The fourth-order valence-corrected chi connectivity index (χ4v) is 3.01. The van der Waals surface area contributed by atoms with Crippen molar-refractivity contribution in [3.8, 4) is 23.0 Å². The molecule has 0 aromatic heterocycles. The molecule has 3 aromatic carbocycles. The minimum absolute atomic E-state index is 0.178. The summed E-state index contributed by atoms with van der Waals surface area (Å²) in [6.45, 7) is 0.178. The van der Waals surface area contributed by atoms with Crippen LogP contribution in [-0.4, -0.2) is 18.7 Å². The lowest BCUT2D eigenvalue weighted by Crippen LogP contribution is -2.05. The summed E-state index contributed by atoms with van der Waals surface area (Å²) in [5, 5.41) is 0. The van der Waals surface area contributed by atoms with Gasteiger partial charge in [0.25, 0.3) is 0 Å². The molecule has 0 saturated heterocycles. The number of hydrogen-bond donors (Lipinski definition) is 0. The number of para-hydroxylation sites is 1. The van der Waals surface area contributed by atoms with Crippen molar-refractivity contribution in [2.45, 2.75) is 0 Å². The number of nitrogens with zero attached hydrogens (tertiary/aromatic N) is 1. The third kappa shape index (κ3) is 3.55. The van der Waals surface area contributed by atoms with E-state index in [-0.39, 0.29) is 18.4 Å². The van der Waals surface area contributed by atoms with Gasteiger partial charge < -0.3 is 18.9 Å². The first-order valence-electron chi connectivity index (χ1n) is 9.00. The lowest BCUT2D eigenvalue weighted by atomic mass is 10.2. The van der Waals surface area contributed by atoms with Gasteiger partial charge in [0.05, 0.1) is 0 Å². The summed E-state index contributed by atoms with van der Waals surface area (Å²) >= 11 is 0. The van der Waals surface area contributed by atoms with Crippen LogP contribution in [0.15, 0.2) is 83.5 Å². The van der Waals surface area contributed by atoms with Gasteiger partial charge in [0.2, 0.25) is 12.7 Å². The minimum atomic E-state index is -0.507. The van der Waals surface area contributed by atoms with Gasteiger partial charge in [-0.1, -0.05) is 30.3 Å². The molecule has 0 unspecified atom stereocenters. The zero-order valence-corrected chi connectivity index (χ0v) is 15.2. The summed E-state index contributed by atoms with van der Waals surface area (Å²) in [7, 11) is 0. The quantitative estimate of drug-likeness (QED) is 0.487. The SMILES string of the molecule is O=C1OC(c2ccc3c(c2)OCO3)=N/C1=C\c1cccc(Oc2ccccc2)c1. The molecule has 6 heteroatoms. The second-order valence-electron chi connectivity index (χ2n) is 6.39. The largest absolute Gasteiger partial charge is 0.457 e. The first-order chi connectivity index (χ1) is 14.2. The highest BCUT2D eigenvalue weighted by molar-refractivity contribution is 6.13. The fourth-order valence-electron chi connectivity index (χ4n) is 3.01. The Bertz CT molecular complexity index is 1150. The van der Waals surface area contributed by atoms with Gasteiger partial charge in [0.1, 0.15) is 11.5 Å². The average molecular weight is 385 g/mol. The van der Waals surface area contributed by atoms with Crippen LogP contribution in [0.1, 0.15) is 11.1 Å². The Hall–Kier alpha value is -4.06. The molecule has 3 aromatic rings. The number of rotatable bonds is 4. The molecule has 2 heterocycles. The zero-order chi connectivity index (χ0) is 19.6. The Balaban J connectivity index is 1.40. The third-order valence-corrected chi connectivity index (χ3v) is 4.38. The lowest BCUT2D eigenvalue weighted by molar-refractivity contribution is -0.129. The summed E-state index contributed by atoms with van der Waals surface area (Å²) in [5.74, 6) is 2.38. The fraction of sp³-hybridized carbons (Fsp3) is 0.0435. The van der Waals surface area contributed by atoms with Crippen molar-refractivity contribution in [1.29, 1.82) is 0 Å². The molecule has 0 radical (unpaired) electrons. The summed E-state index contributed by atoms with van der Waals surface area (Å²) in [4.78, 5) is 16.6. The van der Waals surface area contributed by atoms with Crippen LogP contribution in [0.3, 0.4) is 0 Å². The van der Waals surface area contributed by atoms with Gasteiger partial charge in [0, 0.05) is 5.56 Å². The predicted molar refractivity (Wildman–Crippen MR) is 106 cm³/mol. The summed E-state index contributed by atoms with van der Waals surface area (Å²) in [6, 6.07) is 22.2. The van der Waals surface area contributed by atoms with Crippen molar-refractivity contribution in [2.75, 3.05) is 6.79 Å². The van der Waals surface area contributed by atoms with Crippen LogP contribution in [-0.2, 0) is 9.53 Å². The zero-order valence-electron chi connectivity index (χ0n) is 15.2. The van der Waals surface area contributed by atoms with Crippen LogP contribution >= 0.6 is 0 Å². The maximum atomic E-state index is 12.3. The van der Waals surface area contributed by atoms with Gasteiger partial charge in [0.15, 0.2) is 17.2 Å². The maximum Gasteiger partial charge on any atom is 0.363 e. The molecule has 0 spiro atoms. The topological polar surface area (TPSA) is 66.4 Å². The Labute approximate surface area is 166 Å². The normalized spacial score (nSPS) is 15.9. The Morgan fingerprint density at radius 1 is 0.862 bits per heavy atom. The first kappa shape index (κ1) is 17.1. The molecule has 29 heavy (non-hydrogen) atoms. The van der Waals surface area contributed by atoms with Crippen LogP contribution < -0.4 is 14.2 Å². The number of hydrogen-bond acceptors (Lipinski definition) is 6. The smallest absolute Gasteiger partial charge is 0.363 e. The van der Waals surface area contributed by atoms with E-state index in [0.717, 1.165) is 11.3 Å². The van der Waals surface area contributed by atoms with E-state index in [1.165, 1.54) is 0 Å². The number of benzene rings is 3. The van der Waals surface area contributed by atoms with E-state index >= 15 is 0 Å². The van der Waals surface area contributed by atoms with Gasteiger partial charge >= 0.3 is 5.97 Å². The molecule has 0 fully saturated rings. The van der Waals surface area contributed by atoms with Crippen LogP contribution in [0.4, 0.5) is 0 Å². The number of fused-ring (bicyclic) bond motifs is 1. The lowest BCUT2D eigenvalue weighted by Gasteiger charge is -2.05. The average Bonchev–Trinajstić information content (AvgIpc) is 3.35. The van der Waals surface area contributed by atoms with Crippen molar-refractivity contribution in [1.82, 2.24) is 0 Å². The molecule has 0 bridgehead atoms. The molecule has 0 N–H and O–H groups in total. The van der Waals surface area contributed by atoms with E-state index < -0.39 is 5.97 Å². The van der Waals surface area contributed by atoms with Crippen LogP contribution in [0.2, 0.25) is 0 Å². The molecule has 0 saturated carbocycles. The van der Waals surface area contributed by atoms with Gasteiger partial charge in [-0.15, -0.1) is 0 Å². The van der Waals surface area contributed by atoms with E-state index in [9.17, 15) is 4.79 Å². The van der Waals surface area contributed by atoms with Gasteiger partial charge in [-0.05, 0) is 54.1 Å². The van der Waals surface area contributed by atoms with Crippen molar-refractivity contribution >= 4 is 17.9 Å². The van der Waals surface area contributed by atoms with E-state index in [2.05, 4.69) is 4.99 Å². The highest BCUT2D eigenvalue weighted by Crippen LogP contribution is 2.33. The maximum absolute atomic E-state index is 12.3. The molecule has 2 aliphatic rings. The van der Waals surface area contributed by atoms with Crippen molar-refractivity contribution < 1.29 is 23.7 Å². The molecule has 0 amide bonds. The number of carbonyl (C=O) groups excluding carboxylic acids is 1. The number of ether oxygens (including phenoxy) is 4. The number of esters is 1. The van der Waals surface area contributed by atoms with Gasteiger partial charge in [-0.2, -0.15) is 0 Å². The molecular formula is C23H15NO5. The molecule has 5 rings (SSSR count). The first-order valence-corrected chi connectivity index (χ1v) is 9.00. The van der Waals surface area contributed by atoms with Crippen LogP contribution in [0.5, 0.6) is 23.0 Å². The Morgan fingerprint density at radius 2 is 1.69 bits per heavy atom. The van der Waals surface area contributed by atoms with E-state index in [1.807, 2.05) is 54.6 Å². The summed E-state index contributed by atoms with van der Waals surface area (Å²) in [5.41, 5.74) is 1.64. The van der Waals surface area contributed by atoms with Crippen molar-refractivity contribution in [3.05, 3.63) is 89.6 Å². The van der Waals surface area contributed by atoms with E-state index in [1.54, 1.807) is 24.3 Å². The van der Waals surface area contributed by atoms with E-state index in [0.29, 0.717) is 22.8 Å². The summed E-state index contributed by atoms with van der Waals surface area (Å²) < 4.78 is 21.8. The number of carbonyl (C=O) groups is 1.